The van der Waals surface area contributed by atoms with Gasteiger partial charge in [0, 0.05) is 5.38 Å². The van der Waals surface area contributed by atoms with E-state index in [-0.39, 0.29) is 17.5 Å². The minimum atomic E-state index is -4.65. The molecule has 142 valence electrons. The SMILES string of the molecule is Nc1nc(N(Cc2ccccc2)S(=O)(=O)c2cccc(C(F)(F)F)c2)cs1. The first-order valence-corrected chi connectivity index (χ1v) is 9.95. The predicted molar refractivity (Wildman–Crippen MR) is 97.8 cm³/mol. The first kappa shape index (κ1) is 19.2. The van der Waals surface area contributed by atoms with Gasteiger partial charge in [-0.25, -0.2) is 17.7 Å². The highest BCUT2D eigenvalue weighted by Crippen LogP contribution is 2.33. The van der Waals surface area contributed by atoms with Crippen LogP contribution in [0, 0.1) is 0 Å². The van der Waals surface area contributed by atoms with Crippen molar-refractivity contribution in [1.82, 2.24) is 4.98 Å². The lowest BCUT2D eigenvalue weighted by molar-refractivity contribution is -0.137. The molecule has 2 aromatic carbocycles. The highest BCUT2D eigenvalue weighted by molar-refractivity contribution is 7.92. The van der Waals surface area contributed by atoms with Crippen molar-refractivity contribution in [2.75, 3.05) is 10.0 Å². The van der Waals surface area contributed by atoms with Crippen LogP contribution < -0.4 is 10.0 Å². The van der Waals surface area contributed by atoms with Gasteiger partial charge in [0.1, 0.15) is 0 Å². The van der Waals surface area contributed by atoms with Crippen molar-refractivity contribution in [2.24, 2.45) is 0 Å². The Morgan fingerprint density at radius 2 is 1.78 bits per heavy atom. The molecule has 0 aliphatic heterocycles. The van der Waals surface area contributed by atoms with Gasteiger partial charge in [-0.15, -0.1) is 11.3 Å². The van der Waals surface area contributed by atoms with Gasteiger partial charge >= 0.3 is 6.18 Å². The van der Waals surface area contributed by atoms with E-state index in [9.17, 15) is 21.6 Å². The van der Waals surface area contributed by atoms with Gasteiger partial charge in [-0.3, -0.25) is 0 Å². The molecule has 0 aliphatic rings. The van der Waals surface area contributed by atoms with Gasteiger partial charge < -0.3 is 5.73 Å². The molecule has 1 heterocycles. The smallest absolute Gasteiger partial charge is 0.375 e. The summed E-state index contributed by atoms with van der Waals surface area (Å²) < 4.78 is 66.1. The summed E-state index contributed by atoms with van der Waals surface area (Å²) in [5.41, 5.74) is 5.22. The van der Waals surface area contributed by atoms with Crippen LogP contribution in [0.1, 0.15) is 11.1 Å². The van der Waals surface area contributed by atoms with Gasteiger partial charge in [-0.1, -0.05) is 36.4 Å². The lowest BCUT2D eigenvalue weighted by Gasteiger charge is -2.23. The minimum Gasteiger partial charge on any atom is -0.375 e. The first-order chi connectivity index (χ1) is 12.7. The van der Waals surface area contributed by atoms with E-state index in [1.807, 2.05) is 0 Å². The van der Waals surface area contributed by atoms with E-state index in [0.29, 0.717) is 11.6 Å². The van der Waals surface area contributed by atoms with E-state index in [2.05, 4.69) is 4.98 Å². The van der Waals surface area contributed by atoms with E-state index in [1.54, 1.807) is 30.3 Å². The van der Waals surface area contributed by atoms with E-state index >= 15 is 0 Å². The minimum absolute atomic E-state index is 0.0544. The quantitative estimate of drug-likeness (QED) is 0.682. The summed E-state index contributed by atoms with van der Waals surface area (Å²) in [6.45, 7) is -0.0947. The number of aromatic nitrogens is 1. The van der Waals surface area contributed by atoms with Crippen LogP contribution in [0.3, 0.4) is 0 Å². The molecule has 0 aliphatic carbocycles. The number of benzene rings is 2. The van der Waals surface area contributed by atoms with Crippen LogP contribution in [-0.2, 0) is 22.7 Å². The van der Waals surface area contributed by atoms with Crippen LogP contribution in [0.15, 0.2) is 64.9 Å². The fraction of sp³-hybridized carbons (Fsp3) is 0.118. The Labute approximate surface area is 157 Å². The third kappa shape index (κ3) is 4.22. The zero-order valence-corrected chi connectivity index (χ0v) is 15.4. The van der Waals surface area contributed by atoms with E-state index in [1.165, 1.54) is 5.38 Å². The average Bonchev–Trinajstić information content (AvgIpc) is 3.06. The summed E-state index contributed by atoms with van der Waals surface area (Å²) in [7, 11) is -4.30. The van der Waals surface area contributed by atoms with Gasteiger partial charge in [-0.2, -0.15) is 13.2 Å². The van der Waals surface area contributed by atoms with E-state index in [0.717, 1.165) is 33.8 Å². The number of thiazole rings is 1. The first-order valence-electron chi connectivity index (χ1n) is 7.63. The van der Waals surface area contributed by atoms with Crippen LogP contribution in [0.5, 0.6) is 0 Å². The van der Waals surface area contributed by atoms with Crippen molar-refractivity contribution < 1.29 is 21.6 Å². The number of hydrogen-bond donors (Lipinski definition) is 1. The topological polar surface area (TPSA) is 76.3 Å². The molecule has 0 fully saturated rings. The molecule has 2 N–H and O–H groups in total. The predicted octanol–water partition coefficient (Wildman–Crippen LogP) is 4.14. The number of hydrogen-bond acceptors (Lipinski definition) is 5. The highest BCUT2D eigenvalue weighted by Gasteiger charge is 2.33. The second-order valence-electron chi connectivity index (χ2n) is 5.57. The molecular weight excluding hydrogens is 399 g/mol. The van der Waals surface area contributed by atoms with Gasteiger partial charge in [0.25, 0.3) is 10.0 Å². The summed E-state index contributed by atoms with van der Waals surface area (Å²) in [6.07, 6.45) is -4.65. The van der Waals surface area contributed by atoms with Crippen LogP contribution >= 0.6 is 11.3 Å². The molecule has 3 rings (SSSR count). The molecule has 27 heavy (non-hydrogen) atoms. The zero-order chi connectivity index (χ0) is 19.7. The Hall–Kier alpha value is -2.59. The van der Waals surface area contributed by atoms with E-state index in [4.69, 9.17) is 5.73 Å². The maximum atomic E-state index is 13.1. The summed E-state index contributed by atoms with van der Waals surface area (Å²) in [5, 5.41) is 1.60. The summed E-state index contributed by atoms with van der Waals surface area (Å²) in [5.74, 6) is 0.0544. The molecule has 0 unspecified atom stereocenters. The van der Waals surface area contributed by atoms with Crippen LogP contribution in [-0.4, -0.2) is 13.4 Å². The number of halogens is 3. The number of rotatable bonds is 5. The van der Waals surface area contributed by atoms with Crippen molar-refractivity contribution in [3.05, 3.63) is 71.1 Å². The lowest BCUT2D eigenvalue weighted by atomic mass is 10.2. The number of anilines is 2. The lowest BCUT2D eigenvalue weighted by Crippen LogP contribution is -2.31. The van der Waals surface area contributed by atoms with Crippen LogP contribution in [0.2, 0.25) is 0 Å². The fourth-order valence-electron chi connectivity index (χ4n) is 2.39. The molecule has 0 saturated carbocycles. The van der Waals surface area contributed by atoms with Crippen LogP contribution in [0.4, 0.5) is 24.1 Å². The molecule has 0 bridgehead atoms. The van der Waals surface area contributed by atoms with Gasteiger partial charge in [-0.05, 0) is 23.8 Å². The fourth-order valence-corrected chi connectivity index (χ4v) is 4.45. The maximum absolute atomic E-state index is 13.1. The molecule has 1 aromatic heterocycles. The Morgan fingerprint density at radius 3 is 2.37 bits per heavy atom. The molecular formula is C17H14F3N3O2S2. The van der Waals surface area contributed by atoms with E-state index < -0.39 is 26.7 Å². The monoisotopic (exact) mass is 413 g/mol. The molecule has 10 heteroatoms. The third-order valence-corrected chi connectivity index (χ3v) is 6.09. The summed E-state index contributed by atoms with van der Waals surface area (Å²) in [6, 6.07) is 12.3. The standard InChI is InChI=1S/C17H14F3N3O2S2/c18-17(19,20)13-7-4-8-14(9-13)27(24,25)23(15-11-26-16(21)22-15)10-12-5-2-1-3-6-12/h1-9,11H,10H2,(H2,21,22). The normalized spacial score (nSPS) is 12.1. The Morgan fingerprint density at radius 1 is 1.07 bits per heavy atom. The number of sulfonamides is 1. The molecule has 5 nitrogen and oxygen atoms in total. The molecule has 0 amide bonds. The summed E-state index contributed by atoms with van der Waals surface area (Å²) in [4.78, 5) is 3.52. The van der Waals surface area contributed by atoms with Crippen molar-refractivity contribution >= 4 is 32.3 Å². The summed E-state index contributed by atoms with van der Waals surface area (Å²) >= 11 is 1.04. The number of nitrogens with zero attached hydrogens (tertiary/aromatic N) is 2. The molecule has 3 aromatic rings. The van der Waals surface area contributed by atoms with Gasteiger partial charge in [0.2, 0.25) is 0 Å². The van der Waals surface area contributed by atoms with Gasteiger partial charge in [0.05, 0.1) is 17.0 Å². The van der Waals surface area contributed by atoms with Crippen molar-refractivity contribution in [2.45, 2.75) is 17.6 Å². The largest absolute Gasteiger partial charge is 0.416 e. The second kappa shape index (κ2) is 7.20. The zero-order valence-electron chi connectivity index (χ0n) is 13.7. The van der Waals surface area contributed by atoms with Crippen molar-refractivity contribution in [1.29, 1.82) is 0 Å². The Kier molecular flexibility index (Phi) is 5.11. The third-order valence-electron chi connectivity index (χ3n) is 3.68. The molecule has 0 spiro atoms. The van der Waals surface area contributed by atoms with Crippen molar-refractivity contribution in [3.8, 4) is 0 Å². The number of nitrogens with two attached hydrogens (primary N) is 1. The molecule has 0 saturated heterocycles. The van der Waals surface area contributed by atoms with Crippen LogP contribution in [0.25, 0.3) is 0 Å². The molecule has 0 radical (unpaired) electrons. The molecule has 0 atom stereocenters. The number of nitrogen functional groups attached to an aromatic ring is 1. The van der Waals surface area contributed by atoms with Crippen molar-refractivity contribution in [3.63, 3.8) is 0 Å². The maximum Gasteiger partial charge on any atom is 0.416 e. The Bertz CT molecular complexity index is 1030. The average molecular weight is 413 g/mol. The number of alkyl halides is 3. The van der Waals surface area contributed by atoms with Gasteiger partial charge in [0.15, 0.2) is 10.9 Å². The second-order valence-corrected chi connectivity index (χ2v) is 8.32. The highest BCUT2D eigenvalue weighted by atomic mass is 32.2. The Balaban J connectivity index is 2.08.